The van der Waals surface area contributed by atoms with Crippen molar-refractivity contribution in [1.82, 2.24) is 10.6 Å². The SMILES string of the molecule is COCC(C)(NC(=O)CCCNC(=O)OCC1c2ccccc2-c2ccccc21)C(=O)O. The number of rotatable bonds is 10. The molecule has 1 unspecified atom stereocenters. The summed E-state index contributed by atoms with van der Waals surface area (Å²) < 4.78 is 10.3. The van der Waals surface area contributed by atoms with E-state index >= 15 is 0 Å². The Morgan fingerprint density at radius 1 is 1.03 bits per heavy atom. The molecule has 0 heterocycles. The lowest BCUT2D eigenvalue weighted by atomic mass is 9.98. The number of carbonyl (C=O) groups excluding carboxylic acids is 2. The van der Waals surface area contributed by atoms with Crippen LogP contribution in [0.3, 0.4) is 0 Å². The van der Waals surface area contributed by atoms with Crippen LogP contribution in [-0.2, 0) is 19.1 Å². The molecular formula is C24H28N2O6. The Bertz CT molecular complexity index is 946. The highest BCUT2D eigenvalue weighted by Crippen LogP contribution is 2.44. The summed E-state index contributed by atoms with van der Waals surface area (Å²) in [5, 5.41) is 14.4. The van der Waals surface area contributed by atoms with Gasteiger partial charge < -0.3 is 25.2 Å². The van der Waals surface area contributed by atoms with E-state index in [0.29, 0.717) is 6.42 Å². The molecule has 170 valence electrons. The van der Waals surface area contributed by atoms with Gasteiger partial charge in [-0.05, 0) is 35.6 Å². The largest absolute Gasteiger partial charge is 0.479 e. The molecule has 0 aromatic heterocycles. The lowest BCUT2D eigenvalue weighted by Gasteiger charge is -2.25. The third-order valence-electron chi connectivity index (χ3n) is 5.51. The molecule has 0 saturated carbocycles. The summed E-state index contributed by atoms with van der Waals surface area (Å²) in [6, 6.07) is 16.2. The molecule has 2 amide bonds. The molecule has 0 fully saturated rings. The maximum atomic E-state index is 12.1. The molecule has 1 atom stereocenters. The molecule has 32 heavy (non-hydrogen) atoms. The summed E-state index contributed by atoms with van der Waals surface area (Å²) in [4.78, 5) is 35.5. The minimum absolute atomic E-state index is 0.0200. The number of nitrogens with one attached hydrogen (secondary N) is 2. The molecule has 3 rings (SSSR count). The van der Waals surface area contributed by atoms with E-state index in [0.717, 1.165) is 22.3 Å². The number of aliphatic carboxylic acids is 1. The first-order valence-corrected chi connectivity index (χ1v) is 10.5. The van der Waals surface area contributed by atoms with Crippen LogP contribution in [0.4, 0.5) is 4.79 Å². The average Bonchev–Trinajstić information content (AvgIpc) is 3.09. The van der Waals surface area contributed by atoms with Gasteiger partial charge in [0, 0.05) is 26.0 Å². The van der Waals surface area contributed by atoms with Crippen LogP contribution in [0.1, 0.15) is 36.8 Å². The van der Waals surface area contributed by atoms with E-state index in [1.165, 1.54) is 14.0 Å². The number of methoxy groups -OCH3 is 1. The second kappa shape index (κ2) is 10.3. The van der Waals surface area contributed by atoms with E-state index in [9.17, 15) is 19.5 Å². The van der Waals surface area contributed by atoms with E-state index in [1.54, 1.807) is 0 Å². The number of carboxylic acids is 1. The van der Waals surface area contributed by atoms with Gasteiger partial charge in [0.15, 0.2) is 5.54 Å². The number of carbonyl (C=O) groups is 3. The van der Waals surface area contributed by atoms with Crippen molar-refractivity contribution in [2.45, 2.75) is 31.2 Å². The molecule has 1 aliphatic rings. The Balaban J connectivity index is 1.44. The minimum Gasteiger partial charge on any atom is -0.479 e. The van der Waals surface area contributed by atoms with Crippen LogP contribution in [0.15, 0.2) is 48.5 Å². The van der Waals surface area contributed by atoms with Crippen LogP contribution < -0.4 is 10.6 Å². The predicted octanol–water partition coefficient (Wildman–Crippen LogP) is 2.91. The first-order chi connectivity index (χ1) is 15.4. The summed E-state index contributed by atoms with van der Waals surface area (Å²) in [6.07, 6.45) is -0.142. The smallest absolute Gasteiger partial charge is 0.407 e. The van der Waals surface area contributed by atoms with Gasteiger partial charge in [-0.3, -0.25) is 4.79 Å². The van der Waals surface area contributed by atoms with Crippen LogP contribution in [0.5, 0.6) is 0 Å². The van der Waals surface area contributed by atoms with Crippen LogP contribution >= 0.6 is 0 Å². The molecule has 0 spiro atoms. The lowest BCUT2D eigenvalue weighted by molar-refractivity contribution is -0.149. The summed E-state index contributed by atoms with van der Waals surface area (Å²) in [5.41, 5.74) is 3.09. The highest BCUT2D eigenvalue weighted by atomic mass is 16.5. The lowest BCUT2D eigenvalue weighted by Crippen LogP contribution is -2.55. The number of amides is 2. The Morgan fingerprint density at radius 3 is 2.19 bits per heavy atom. The quantitative estimate of drug-likeness (QED) is 0.490. The van der Waals surface area contributed by atoms with Gasteiger partial charge in [-0.15, -0.1) is 0 Å². The zero-order valence-corrected chi connectivity index (χ0v) is 18.2. The van der Waals surface area contributed by atoms with Crippen molar-refractivity contribution in [2.75, 3.05) is 26.9 Å². The molecular weight excluding hydrogens is 412 g/mol. The molecule has 2 aromatic rings. The van der Waals surface area contributed by atoms with E-state index in [1.807, 2.05) is 36.4 Å². The third-order valence-corrected chi connectivity index (χ3v) is 5.51. The molecule has 8 nitrogen and oxygen atoms in total. The van der Waals surface area contributed by atoms with Crippen molar-refractivity contribution in [3.63, 3.8) is 0 Å². The second-order valence-electron chi connectivity index (χ2n) is 7.97. The molecule has 0 saturated heterocycles. The fourth-order valence-electron chi connectivity index (χ4n) is 3.90. The van der Waals surface area contributed by atoms with Gasteiger partial charge >= 0.3 is 12.1 Å². The Kier molecular flexibility index (Phi) is 7.48. The first-order valence-electron chi connectivity index (χ1n) is 10.5. The van der Waals surface area contributed by atoms with Crippen LogP contribution in [0.25, 0.3) is 11.1 Å². The van der Waals surface area contributed by atoms with Crippen LogP contribution in [-0.4, -0.2) is 55.5 Å². The number of hydrogen-bond acceptors (Lipinski definition) is 5. The zero-order chi connectivity index (χ0) is 23.1. The van der Waals surface area contributed by atoms with Gasteiger partial charge in [0.1, 0.15) is 6.61 Å². The van der Waals surface area contributed by atoms with Crippen LogP contribution in [0.2, 0.25) is 0 Å². The van der Waals surface area contributed by atoms with Gasteiger partial charge in [0.2, 0.25) is 5.91 Å². The van der Waals surface area contributed by atoms with Gasteiger partial charge in [-0.1, -0.05) is 48.5 Å². The van der Waals surface area contributed by atoms with E-state index in [2.05, 4.69) is 22.8 Å². The average molecular weight is 440 g/mol. The normalized spacial score (nSPS) is 14.1. The summed E-state index contributed by atoms with van der Waals surface area (Å²) >= 11 is 0. The summed E-state index contributed by atoms with van der Waals surface area (Å²) in [6.45, 7) is 1.68. The van der Waals surface area contributed by atoms with Crippen molar-refractivity contribution >= 4 is 18.0 Å². The maximum absolute atomic E-state index is 12.1. The standard InChI is InChI=1S/C24H28N2O6/c1-24(15-31-2,22(28)29)26-21(27)12-7-13-25-23(30)32-14-20-18-10-5-3-8-16(18)17-9-4-6-11-19(17)20/h3-6,8-11,20H,7,12-15H2,1-2H3,(H,25,30)(H,26,27)(H,28,29). The molecule has 3 N–H and O–H groups in total. The maximum Gasteiger partial charge on any atom is 0.407 e. The Hall–Kier alpha value is -3.39. The van der Waals surface area contributed by atoms with E-state index in [4.69, 9.17) is 9.47 Å². The number of ether oxygens (including phenoxy) is 2. The van der Waals surface area contributed by atoms with E-state index < -0.39 is 23.5 Å². The Morgan fingerprint density at radius 2 is 1.62 bits per heavy atom. The van der Waals surface area contributed by atoms with Crippen molar-refractivity contribution in [3.05, 3.63) is 59.7 Å². The third kappa shape index (κ3) is 5.26. The van der Waals surface area contributed by atoms with Gasteiger partial charge in [-0.25, -0.2) is 9.59 Å². The summed E-state index contributed by atoms with van der Waals surface area (Å²) in [7, 11) is 1.37. The first kappa shape index (κ1) is 23.3. The number of carboxylic acid groups (broad SMARTS) is 1. The molecule has 0 radical (unpaired) electrons. The molecule has 8 heteroatoms. The summed E-state index contributed by atoms with van der Waals surface area (Å²) in [5.74, 6) is -1.63. The second-order valence-corrected chi connectivity index (χ2v) is 7.97. The number of benzene rings is 2. The monoisotopic (exact) mass is 440 g/mol. The fourth-order valence-corrected chi connectivity index (χ4v) is 3.90. The van der Waals surface area contributed by atoms with Crippen molar-refractivity contribution in [1.29, 1.82) is 0 Å². The zero-order valence-electron chi connectivity index (χ0n) is 18.2. The van der Waals surface area contributed by atoms with Crippen molar-refractivity contribution < 1.29 is 29.0 Å². The molecule has 2 aromatic carbocycles. The molecule has 0 bridgehead atoms. The van der Waals surface area contributed by atoms with Crippen LogP contribution in [0, 0.1) is 0 Å². The van der Waals surface area contributed by atoms with Crippen molar-refractivity contribution in [2.24, 2.45) is 0 Å². The number of hydrogen-bond donors (Lipinski definition) is 3. The molecule has 1 aliphatic carbocycles. The number of alkyl carbamates (subject to hydrolysis) is 1. The predicted molar refractivity (Wildman–Crippen MR) is 118 cm³/mol. The molecule has 0 aliphatic heterocycles. The fraction of sp³-hybridized carbons (Fsp3) is 0.375. The van der Waals surface area contributed by atoms with Gasteiger partial charge in [0.05, 0.1) is 6.61 Å². The minimum atomic E-state index is -1.49. The van der Waals surface area contributed by atoms with Crippen molar-refractivity contribution in [3.8, 4) is 11.1 Å². The number of fused-ring (bicyclic) bond motifs is 3. The van der Waals surface area contributed by atoms with Gasteiger partial charge in [-0.2, -0.15) is 0 Å². The highest BCUT2D eigenvalue weighted by molar-refractivity contribution is 5.86. The Labute approximate surface area is 186 Å². The highest BCUT2D eigenvalue weighted by Gasteiger charge is 2.34. The van der Waals surface area contributed by atoms with E-state index in [-0.39, 0.29) is 32.1 Å². The van der Waals surface area contributed by atoms with Gasteiger partial charge in [0.25, 0.3) is 0 Å². The topological polar surface area (TPSA) is 114 Å².